The van der Waals surface area contributed by atoms with Gasteiger partial charge in [-0.2, -0.15) is 0 Å². The van der Waals surface area contributed by atoms with Gasteiger partial charge in [-0.05, 0) is 6.07 Å². The Labute approximate surface area is 105 Å². The lowest BCUT2D eigenvalue weighted by Gasteiger charge is -2.06. The van der Waals surface area contributed by atoms with Gasteiger partial charge in [0.1, 0.15) is 22.8 Å². The maximum Gasteiger partial charge on any atom is 0.266 e. The van der Waals surface area contributed by atoms with Gasteiger partial charge in [0.25, 0.3) is 10.0 Å². The van der Waals surface area contributed by atoms with E-state index in [4.69, 9.17) is 11.6 Å². The molecule has 0 aliphatic rings. The Morgan fingerprint density at radius 3 is 2.61 bits per heavy atom. The number of hydrogen-bond acceptors (Lipinski definition) is 4. The molecule has 96 valence electrons. The van der Waals surface area contributed by atoms with Crippen molar-refractivity contribution in [2.45, 2.75) is 4.90 Å². The molecule has 1 aromatic carbocycles. The topological polar surface area (TPSA) is 72.2 Å². The van der Waals surface area contributed by atoms with Gasteiger partial charge in [0.15, 0.2) is 5.82 Å². The lowest BCUT2D eigenvalue weighted by Crippen LogP contribution is -2.15. The molecule has 1 N–H and O–H groups in total. The van der Waals surface area contributed by atoms with Crippen molar-refractivity contribution in [3.63, 3.8) is 0 Å². The fraction of sp³-hybridized carbons (Fsp3) is 0. The number of halogens is 3. The molecule has 18 heavy (non-hydrogen) atoms. The summed E-state index contributed by atoms with van der Waals surface area (Å²) in [6, 6.07) is 2.29. The zero-order chi connectivity index (χ0) is 13.3. The summed E-state index contributed by atoms with van der Waals surface area (Å²) >= 11 is 5.41. The predicted octanol–water partition coefficient (Wildman–Crippen LogP) is 2.41. The summed E-state index contributed by atoms with van der Waals surface area (Å²) < 4.78 is 56.2. The van der Waals surface area contributed by atoms with E-state index in [0.717, 1.165) is 6.26 Å². The van der Waals surface area contributed by atoms with Crippen LogP contribution in [0.1, 0.15) is 0 Å². The van der Waals surface area contributed by atoms with Gasteiger partial charge < -0.3 is 4.52 Å². The maximum absolute atomic E-state index is 13.4. The Hall–Kier alpha value is -1.67. The molecular formula is C9H5ClF2N2O3S. The molecule has 0 saturated carbocycles. The number of nitrogens with one attached hydrogen (secondary N) is 1. The molecule has 2 aromatic rings. The average molecular weight is 295 g/mol. The fourth-order valence-corrected chi connectivity index (χ4v) is 2.48. The number of benzene rings is 1. The molecule has 0 unspecified atom stereocenters. The van der Waals surface area contributed by atoms with Crippen LogP contribution in [-0.2, 0) is 10.0 Å². The monoisotopic (exact) mass is 294 g/mol. The van der Waals surface area contributed by atoms with Crippen LogP contribution in [0.2, 0.25) is 5.02 Å². The second-order valence-corrected chi connectivity index (χ2v) is 5.24. The average Bonchev–Trinajstić information content (AvgIpc) is 2.75. The quantitative estimate of drug-likeness (QED) is 0.882. The molecule has 9 heteroatoms. The largest absolute Gasteiger partial charge is 0.363 e. The second-order valence-electron chi connectivity index (χ2n) is 3.19. The van der Waals surface area contributed by atoms with Crippen molar-refractivity contribution in [2.75, 3.05) is 4.72 Å². The van der Waals surface area contributed by atoms with Crippen LogP contribution in [0.3, 0.4) is 0 Å². The summed E-state index contributed by atoms with van der Waals surface area (Å²) in [4.78, 5) is -0.781. The summed E-state index contributed by atoms with van der Waals surface area (Å²) in [5, 5.41) is 2.80. The molecule has 5 nitrogen and oxygen atoms in total. The number of aromatic nitrogens is 1. The number of hydrogen-bond donors (Lipinski definition) is 1. The fourth-order valence-electron chi connectivity index (χ4n) is 1.17. The SMILES string of the molecule is O=S(=O)(Nc1ccon1)c1cc(Cl)c(F)cc1F. The number of anilines is 1. The smallest absolute Gasteiger partial charge is 0.266 e. The molecule has 1 heterocycles. The Kier molecular flexibility index (Phi) is 3.22. The van der Waals surface area contributed by atoms with E-state index in [2.05, 4.69) is 9.68 Å². The first-order valence-electron chi connectivity index (χ1n) is 4.48. The summed E-state index contributed by atoms with van der Waals surface area (Å²) in [6.45, 7) is 0. The minimum atomic E-state index is -4.25. The molecule has 0 saturated heterocycles. The highest BCUT2D eigenvalue weighted by molar-refractivity contribution is 7.92. The van der Waals surface area contributed by atoms with Gasteiger partial charge in [-0.25, -0.2) is 17.2 Å². The molecule has 0 atom stereocenters. The van der Waals surface area contributed by atoms with Crippen LogP contribution in [-0.4, -0.2) is 13.6 Å². The summed E-state index contributed by atoms with van der Waals surface area (Å²) in [5.74, 6) is -2.43. The van der Waals surface area contributed by atoms with Crippen molar-refractivity contribution >= 4 is 27.4 Å². The molecule has 0 fully saturated rings. The molecule has 0 amide bonds. The van der Waals surface area contributed by atoms with Crippen molar-refractivity contribution in [3.05, 3.63) is 41.1 Å². The van der Waals surface area contributed by atoms with E-state index in [-0.39, 0.29) is 5.82 Å². The standard InChI is InChI=1S/C9H5ClF2N2O3S/c10-5-3-8(7(12)4-6(5)11)18(15,16)14-9-1-2-17-13-9/h1-4H,(H,13,14). The lowest BCUT2D eigenvalue weighted by molar-refractivity contribution is 0.423. The van der Waals surface area contributed by atoms with Crippen LogP contribution < -0.4 is 4.72 Å². The summed E-state index contributed by atoms with van der Waals surface area (Å²) in [5.41, 5.74) is 0. The van der Waals surface area contributed by atoms with Crippen LogP contribution in [0.4, 0.5) is 14.6 Å². The van der Waals surface area contributed by atoms with Gasteiger partial charge in [0.2, 0.25) is 0 Å². The van der Waals surface area contributed by atoms with E-state index in [0.29, 0.717) is 12.1 Å². The van der Waals surface area contributed by atoms with Crippen molar-refractivity contribution in [1.29, 1.82) is 0 Å². The van der Waals surface area contributed by atoms with E-state index < -0.39 is 31.6 Å². The number of nitrogens with zero attached hydrogens (tertiary/aromatic N) is 1. The minimum absolute atomic E-state index is 0.130. The van der Waals surface area contributed by atoms with E-state index >= 15 is 0 Å². The van der Waals surface area contributed by atoms with Crippen molar-refractivity contribution in [3.8, 4) is 0 Å². The van der Waals surface area contributed by atoms with E-state index in [9.17, 15) is 17.2 Å². The molecule has 2 rings (SSSR count). The van der Waals surface area contributed by atoms with Crippen LogP contribution in [0.5, 0.6) is 0 Å². The predicted molar refractivity (Wildman–Crippen MR) is 58.7 cm³/mol. The Morgan fingerprint density at radius 2 is 2.00 bits per heavy atom. The maximum atomic E-state index is 13.4. The van der Waals surface area contributed by atoms with Crippen LogP contribution in [0.25, 0.3) is 0 Å². The number of sulfonamides is 1. The highest BCUT2D eigenvalue weighted by atomic mass is 35.5. The highest BCUT2D eigenvalue weighted by Crippen LogP contribution is 2.24. The van der Waals surface area contributed by atoms with E-state index in [1.165, 1.54) is 6.07 Å². The highest BCUT2D eigenvalue weighted by Gasteiger charge is 2.22. The molecule has 1 aromatic heterocycles. The first kappa shape index (κ1) is 12.8. The lowest BCUT2D eigenvalue weighted by atomic mass is 10.3. The van der Waals surface area contributed by atoms with Gasteiger partial charge in [0.05, 0.1) is 5.02 Å². The second kappa shape index (κ2) is 4.54. The van der Waals surface area contributed by atoms with Crippen molar-refractivity contribution in [1.82, 2.24) is 5.16 Å². The zero-order valence-corrected chi connectivity index (χ0v) is 10.1. The van der Waals surface area contributed by atoms with Crippen molar-refractivity contribution in [2.24, 2.45) is 0 Å². The summed E-state index contributed by atoms with van der Waals surface area (Å²) in [7, 11) is -4.25. The zero-order valence-electron chi connectivity index (χ0n) is 8.52. The first-order valence-corrected chi connectivity index (χ1v) is 6.34. The molecular weight excluding hydrogens is 290 g/mol. The van der Waals surface area contributed by atoms with Crippen LogP contribution in [0, 0.1) is 11.6 Å². The molecule has 0 spiro atoms. The third kappa shape index (κ3) is 2.44. The Morgan fingerprint density at radius 1 is 1.28 bits per heavy atom. The van der Waals surface area contributed by atoms with Crippen LogP contribution >= 0.6 is 11.6 Å². The normalized spacial score (nSPS) is 11.5. The van der Waals surface area contributed by atoms with Gasteiger partial charge in [-0.15, -0.1) is 0 Å². The summed E-state index contributed by atoms with van der Waals surface area (Å²) in [6.07, 6.45) is 1.13. The van der Waals surface area contributed by atoms with Crippen LogP contribution in [0.15, 0.2) is 33.9 Å². The molecule has 0 radical (unpaired) electrons. The minimum Gasteiger partial charge on any atom is -0.363 e. The third-order valence-electron chi connectivity index (χ3n) is 1.94. The molecule has 0 aliphatic heterocycles. The molecule has 0 aliphatic carbocycles. The van der Waals surface area contributed by atoms with Gasteiger partial charge in [0, 0.05) is 12.1 Å². The van der Waals surface area contributed by atoms with Crippen molar-refractivity contribution < 1.29 is 21.7 Å². The number of rotatable bonds is 3. The van der Waals surface area contributed by atoms with Gasteiger partial charge in [-0.1, -0.05) is 16.8 Å². The third-order valence-corrected chi connectivity index (χ3v) is 3.60. The first-order chi connectivity index (χ1) is 8.40. The Balaban J connectivity index is 2.44. The molecule has 0 bridgehead atoms. The van der Waals surface area contributed by atoms with Gasteiger partial charge >= 0.3 is 0 Å². The van der Waals surface area contributed by atoms with E-state index in [1.807, 2.05) is 4.72 Å². The van der Waals surface area contributed by atoms with Gasteiger partial charge in [-0.3, -0.25) is 4.72 Å². The Bertz CT molecular complexity index is 673. The van der Waals surface area contributed by atoms with E-state index in [1.54, 1.807) is 0 Å².